The van der Waals surface area contributed by atoms with Gasteiger partial charge >= 0.3 is 0 Å². The van der Waals surface area contributed by atoms with Gasteiger partial charge in [-0.15, -0.1) is 0 Å². The van der Waals surface area contributed by atoms with Crippen molar-refractivity contribution < 1.29 is 9.59 Å². The minimum absolute atomic E-state index is 0.0256. The standard InChI is InChI=1S/C16H20BrN3O2/c1-10-18-14-8-7-12(17)9-13(14)16(22)20(10)19-15(21)11-5-3-2-4-6-11/h7-11,18H,2-6H2,1H3,(H,19,21). The molecule has 0 saturated heterocycles. The molecule has 6 heteroatoms. The highest BCUT2D eigenvalue weighted by Crippen LogP contribution is 2.28. The summed E-state index contributed by atoms with van der Waals surface area (Å²) in [6.07, 6.45) is 4.95. The molecule has 0 bridgehead atoms. The normalized spacial score (nSPS) is 22.0. The van der Waals surface area contributed by atoms with E-state index in [1.165, 1.54) is 11.4 Å². The van der Waals surface area contributed by atoms with Gasteiger partial charge in [0.05, 0.1) is 5.56 Å². The van der Waals surface area contributed by atoms with Crippen LogP contribution in [-0.2, 0) is 4.79 Å². The smallest absolute Gasteiger partial charge is 0.276 e. The molecule has 1 heterocycles. The van der Waals surface area contributed by atoms with Crippen molar-refractivity contribution in [2.45, 2.75) is 45.2 Å². The van der Waals surface area contributed by atoms with E-state index in [0.29, 0.717) is 5.56 Å². The summed E-state index contributed by atoms with van der Waals surface area (Å²) in [4.78, 5) is 25.0. The fourth-order valence-corrected chi connectivity index (χ4v) is 3.50. The molecule has 22 heavy (non-hydrogen) atoms. The maximum absolute atomic E-state index is 12.6. The summed E-state index contributed by atoms with van der Waals surface area (Å²) in [6, 6.07) is 5.53. The fraction of sp³-hybridized carbons (Fsp3) is 0.500. The Morgan fingerprint density at radius 2 is 2.05 bits per heavy atom. The molecule has 1 aliphatic heterocycles. The Morgan fingerprint density at radius 3 is 2.77 bits per heavy atom. The lowest BCUT2D eigenvalue weighted by molar-refractivity contribution is -0.130. The Bertz CT molecular complexity index is 599. The molecule has 1 aliphatic carbocycles. The SMILES string of the molecule is CC1Nc2ccc(Br)cc2C(=O)N1NC(=O)C1CCCCC1. The molecule has 0 aromatic heterocycles. The number of carbonyl (C=O) groups is 2. The second-order valence-electron chi connectivity index (χ2n) is 6.00. The highest BCUT2D eigenvalue weighted by Gasteiger charge is 2.32. The first-order chi connectivity index (χ1) is 10.6. The van der Waals surface area contributed by atoms with Crippen LogP contribution < -0.4 is 10.7 Å². The lowest BCUT2D eigenvalue weighted by Crippen LogP contribution is -2.57. The van der Waals surface area contributed by atoms with E-state index in [2.05, 4.69) is 26.7 Å². The molecule has 0 spiro atoms. The van der Waals surface area contributed by atoms with Gasteiger partial charge < -0.3 is 5.32 Å². The number of amides is 2. The van der Waals surface area contributed by atoms with Crippen LogP contribution in [0.2, 0.25) is 0 Å². The van der Waals surface area contributed by atoms with Crippen molar-refractivity contribution in [1.82, 2.24) is 10.4 Å². The van der Waals surface area contributed by atoms with E-state index in [-0.39, 0.29) is 23.9 Å². The monoisotopic (exact) mass is 365 g/mol. The van der Waals surface area contributed by atoms with Gasteiger partial charge in [-0.1, -0.05) is 35.2 Å². The molecule has 2 N–H and O–H groups in total. The van der Waals surface area contributed by atoms with Crippen molar-refractivity contribution in [2.24, 2.45) is 5.92 Å². The molecule has 1 saturated carbocycles. The number of hydrogen-bond donors (Lipinski definition) is 2. The van der Waals surface area contributed by atoms with Crippen molar-refractivity contribution in [3.05, 3.63) is 28.2 Å². The highest BCUT2D eigenvalue weighted by molar-refractivity contribution is 9.10. The number of fused-ring (bicyclic) bond motifs is 1. The molecule has 2 aliphatic rings. The Balaban J connectivity index is 1.76. The van der Waals surface area contributed by atoms with Crippen LogP contribution in [0.15, 0.2) is 22.7 Å². The summed E-state index contributed by atoms with van der Waals surface area (Å²) >= 11 is 3.38. The fourth-order valence-electron chi connectivity index (χ4n) is 3.14. The first-order valence-electron chi connectivity index (χ1n) is 7.76. The van der Waals surface area contributed by atoms with Crippen LogP contribution in [0, 0.1) is 5.92 Å². The highest BCUT2D eigenvalue weighted by atomic mass is 79.9. The van der Waals surface area contributed by atoms with Crippen molar-refractivity contribution >= 4 is 33.4 Å². The first-order valence-corrected chi connectivity index (χ1v) is 8.55. The van der Waals surface area contributed by atoms with Gasteiger partial charge in [-0.25, -0.2) is 5.01 Å². The van der Waals surface area contributed by atoms with Crippen LogP contribution in [0.5, 0.6) is 0 Å². The zero-order valence-electron chi connectivity index (χ0n) is 12.6. The summed E-state index contributed by atoms with van der Waals surface area (Å²) < 4.78 is 0.842. The van der Waals surface area contributed by atoms with Gasteiger partial charge in [-0.05, 0) is 38.0 Å². The summed E-state index contributed by atoms with van der Waals surface area (Å²) in [5, 5.41) is 4.65. The molecular weight excluding hydrogens is 346 g/mol. The second kappa shape index (κ2) is 6.28. The van der Waals surface area contributed by atoms with Crippen LogP contribution >= 0.6 is 15.9 Å². The van der Waals surface area contributed by atoms with Crippen LogP contribution in [-0.4, -0.2) is 23.0 Å². The third-order valence-electron chi connectivity index (χ3n) is 4.39. The van der Waals surface area contributed by atoms with Crippen molar-refractivity contribution in [2.75, 3.05) is 5.32 Å². The number of hydrogen-bond acceptors (Lipinski definition) is 3. The molecule has 1 unspecified atom stereocenters. The zero-order valence-corrected chi connectivity index (χ0v) is 14.1. The van der Waals surface area contributed by atoms with E-state index in [4.69, 9.17) is 0 Å². The average Bonchev–Trinajstić information content (AvgIpc) is 2.53. The third-order valence-corrected chi connectivity index (χ3v) is 4.88. The number of nitrogens with zero attached hydrogens (tertiary/aromatic N) is 1. The topological polar surface area (TPSA) is 61.4 Å². The van der Waals surface area contributed by atoms with Gasteiger partial charge in [-0.3, -0.25) is 15.0 Å². The van der Waals surface area contributed by atoms with E-state index < -0.39 is 0 Å². The minimum Gasteiger partial charge on any atom is -0.363 e. The molecule has 1 fully saturated rings. The molecule has 2 amide bonds. The molecule has 1 aromatic rings. The van der Waals surface area contributed by atoms with Crippen molar-refractivity contribution in [3.8, 4) is 0 Å². The summed E-state index contributed by atoms with van der Waals surface area (Å²) in [5.41, 5.74) is 4.18. The first kappa shape index (κ1) is 15.3. The van der Waals surface area contributed by atoms with Gasteiger partial charge in [0, 0.05) is 16.1 Å². The van der Waals surface area contributed by atoms with Gasteiger partial charge in [-0.2, -0.15) is 0 Å². The Hall–Kier alpha value is -1.56. The van der Waals surface area contributed by atoms with Crippen molar-refractivity contribution in [1.29, 1.82) is 0 Å². The van der Waals surface area contributed by atoms with Crippen LogP contribution in [0.1, 0.15) is 49.4 Å². The molecular formula is C16H20BrN3O2. The number of carbonyl (C=O) groups excluding carboxylic acids is 2. The molecule has 1 aromatic carbocycles. The van der Waals surface area contributed by atoms with E-state index >= 15 is 0 Å². The maximum atomic E-state index is 12.6. The molecule has 5 nitrogen and oxygen atoms in total. The number of nitrogens with one attached hydrogen (secondary N) is 2. The van der Waals surface area contributed by atoms with E-state index in [9.17, 15) is 9.59 Å². The number of anilines is 1. The summed E-state index contributed by atoms with van der Waals surface area (Å²) in [5.74, 6) is -0.190. The number of hydrazine groups is 1. The van der Waals surface area contributed by atoms with Gasteiger partial charge in [0.2, 0.25) is 5.91 Å². The van der Waals surface area contributed by atoms with E-state index in [0.717, 1.165) is 35.8 Å². The Labute approximate surface area is 138 Å². The van der Waals surface area contributed by atoms with Crippen LogP contribution in [0.25, 0.3) is 0 Å². The van der Waals surface area contributed by atoms with E-state index in [1.54, 1.807) is 6.07 Å². The predicted molar refractivity (Wildman–Crippen MR) is 88.1 cm³/mol. The average molecular weight is 366 g/mol. The predicted octanol–water partition coefficient (Wildman–Crippen LogP) is 3.27. The Kier molecular flexibility index (Phi) is 4.38. The molecule has 1 atom stereocenters. The number of halogens is 1. The van der Waals surface area contributed by atoms with Crippen molar-refractivity contribution in [3.63, 3.8) is 0 Å². The van der Waals surface area contributed by atoms with Gasteiger partial charge in [0.15, 0.2) is 0 Å². The molecule has 3 rings (SSSR count). The second-order valence-corrected chi connectivity index (χ2v) is 6.91. The van der Waals surface area contributed by atoms with Gasteiger partial charge in [0.1, 0.15) is 6.17 Å². The quantitative estimate of drug-likeness (QED) is 0.845. The molecule has 0 radical (unpaired) electrons. The zero-order chi connectivity index (χ0) is 15.7. The lowest BCUT2D eigenvalue weighted by Gasteiger charge is -2.36. The van der Waals surface area contributed by atoms with Crippen LogP contribution in [0.4, 0.5) is 5.69 Å². The maximum Gasteiger partial charge on any atom is 0.276 e. The Morgan fingerprint density at radius 1 is 1.32 bits per heavy atom. The number of rotatable bonds is 2. The summed E-state index contributed by atoms with van der Waals surface area (Å²) in [7, 11) is 0. The van der Waals surface area contributed by atoms with E-state index in [1.807, 2.05) is 19.1 Å². The number of benzene rings is 1. The summed E-state index contributed by atoms with van der Waals surface area (Å²) in [6.45, 7) is 1.87. The van der Waals surface area contributed by atoms with Gasteiger partial charge in [0.25, 0.3) is 5.91 Å². The lowest BCUT2D eigenvalue weighted by atomic mass is 9.89. The van der Waals surface area contributed by atoms with Crippen LogP contribution in [0.3, 0.4) is 0 Å². The largest absolute Gasteiger partial charge is 0.363 e. The molecule has 118 valence electrons. The minimum atomic E-state index is -0.270. The third kappa shape index (κ3) is 2.97.